The number of carbonyl (C=O) groups excluding carboxylic acids is 1. The molecule has 0 aromatic heterocycles. The molecule has 4 atom stereocenters. The maximum atomic E-state index is 11.5. The first-order valence-corrected chi connectivity index (χ1v) is 5.97. The fraction of sp³-hybridized carbons (Fsp3) is 0.750. The quantitative estimate of drug-likeness (QED) is 0.475. The maximum absolute atomic E-state index is 11.5. The van der Waals surface area contributed by atoms with Gasteiger partial charge in [-0.1, -0.05) is 25.5 Å². The SMILES string of the molecule is CCC[C@@H]1OC(=O)[C@@H](O)CC/C=C\[C@@H](O)[C@@H]1O. The lowest BCUT2D eigenvalue weighted by molar-refractivity contribution is -0.169. The number of rotatable bonds is 2. The zero-order chi connectivity index (χ0) is 12.8. The monoisotopic (exact) mass is 244 g/mol. The van der Waals surface area contributed by atoms with Crippen molar-refractivity contribution >= 4 is 5.97 Å². The van der Waals surface area contributed by atoms with Gasteiger partial charge in [0.05, 0.1) is 0 Å². The lowest BCUT2D eigenvalue weighted by atomic mass is 10.0. The summed E-state index contributed by atoms with van der Waals surface area (Å²) < 4.78 is 5.03. The van der Waals surface area contributed by atoms with Crippen LogP contribution in [0.25, 0.3) is 0 Å². The van der Waals surface area contributed by atoms with Crippen LogP contribution in [0.15, 0.2) is 12.2 Å². The van der Waals surface area contributed by atoms with E-state index in [9.17, 15) is 20.1 Å². The van der Waals surface area contributed by atoms with Gasteiger partial charge in [-0.3, -0.25) is 0 Å². The second kappa shape index (κ2) is 6.74. The van der Waals surface area contributed by atoms with Gasteiger partial charge in [-0.2, -0.15) is 0 Å². The fourth-order valence-electron chi connectivity index (χ4n) is 1.75. The van der Waals surface area contributed by atoms with Crippen molar-refractivity contribution in [2.45, 2.75) is 57.0 Å². The Morgan fingerprint density at radius 2 is 2.12 bits per heavy atom. The van der Waals surface area contributed by atoms with E-state index in [-0.39, 0.29) is 6.42 Å². The van der Waals surface area contributed by atoms with E-state index in [1.54, 1.807) is 6.08 Å². The Labute approximate surface area is 101 Å². The van der Waals surface area contributed by atoms with Crippen molar-refractivity contribution < 1.29 is 24.9 Å². The van der Waals surface area contributed by atoms with Crippen molar-refractivity contribution in [3.63, 3.8) is 0 Å². The van der Waals surface area contributed by atoms with Crippen LogP contribution < -0.4 is 0 Å². The summed E-state index contributed by atoms with van der Waals surface area (Å²) in [6, 6.07) is 0. The van der Waals surface area contributed by atoms with Crippen LogP contribution in [0.3, 0.4) is 0 Å². The van der Waals surface area contributed by atoms with Gasteiger partial charge < -0.3 is 20.1 Å². The molecule has 0 radical (unpaired) electrons. The van der Waals surface area contributed by atoms with Gasteiger partial charge in [0.25, 0.3) is 0 Å². The average molecular weight is 244 g/mol. The van der Waals surface area contributed by atoms with Crippen LogP contribution in [0.5, 0.6) is 0 Å². The zero-order valence-corrected chi connectivity index (χ0v) is 9.95. The summed E-state index contributed by atoms with van der Waals surface area (Å²) in [5.41, 5.74) is 0. The number of hydrogen-bond donors (Lipinski definition) is 3. The number of carbonyl (C=O) groups is 1. The number of esters is 1. The predicted molar refractivity (Wildman–Crippen MR) is 61.2 cm³/mol. The normalized spacial score (nSPS) is 37.3. The van der Waals surface area contributed by atoms with E-state index in [2.05, 4.69) is 0 Å². The summed E-state index contributed by atoms with van der Waals surface area (Å²) in [7, 11) is 0. The fourth-order valence-corrected chi connectivity index (χ4v) is 1.75. The third kappa shape index (κ3) is 4.11. The standard InChI is InChI=1S/C12H20O5/c1-2-5-10-11(15)8(13)6-3-4-7-9(14)12(16)17-10/h3,6,8-11,13-15H,2,4-5,7H2,1H3/b6-3-/t8-,9+,10+,11+/m1/s1. The summed E-state index contributed by atoms with van der Waals surface area (Å²) in [4.78, 5) is 11.5. The molecule has 1 heterocycles. The van der Waals surface area contributed by atoms with Gasteiger partial charge in [-0.15, -0.1) is 0 Å². The molecule has 0 spiro atoms. The van der Waals surface area contributed by atoms with E-state index >= 15 is 0 Å². The molecule has 0 aromatic carbocycles. The molecule has 1 aliphatic rings. The van der Waals surface area contributed by atoms with Crippen molar-refractivity contribution in [2.75, 3.05) is 0 Å². The summed E-state index contributed by atoms with van der Waals surface area (Å²) in [5, 5.41) is 29.0. The van der Waals surface area contributed by atoms with Crippen molar-refractivity contribution in [1.29, 1.82) is 0 Å². The van der Waals surface area contributed by atoms with Crippen molar-refractivity contribution in [2.24, 2.45) is 0 Å². The first-order valence-electron chi connectivity index (χ1n) is 5.97. The van der Waals surface area contributed by atoms with Crippen molar-refractivity contribution in [3.8, 4) is 0 Å². The first-order chi connectivity index (χ1) is 8.06. The molecule has 5 nitrogen and oxygen atoms in total. The minimum Gasteiger partial charge on any atom is -0.458 e. The molecule has 0 amide bonds. The van der Waals surface area contributed by atoms with Crippen LogP contribution in [0.1, 0.15) is 32.6 Å². The third-order valence-corrected chi connectivity index (χ3v) is 2.78. The Kier molecular flexibility index (Phi) is 5.61. The van der Waals surface area contributed by atoms with Gasteiger partial charge in [0.1, 0.15) is 18.3 Å². The smallest absolute Gasteiger partial charge is 0.335 e. The molecule has 5 heteroatoms. The van der Waals surface area contributed by atoms with Crippen LogP contribution in [0, 0.1) is 0 Å². The largest absolute Gasteiger partial charge is 0.458 e. The van der Waals surface area contributed by atoms with E-state index in [0.717, 1.165) is 0 Å². The highest BCUT2D eigenvalue weighted by Gasteiger charge is 2.30. The molecular formula is C12H20O5. The molecule has 1 aliphatic heterocycles. The Hall–Kier alpha value is -0.910. The van der Waals surface area contributed by atoms with Crippen LogP contribution >= 0.6 is 0 Å². The maximum Gasteiger partial charge on any atom is 0.335 e. The lowest BCUT2D eigenvalue weighted by Gasteiger charge is -2.27. The third-order valence-electron chi connectivity index (χ3n) is 2.78. The molecule has 0 aromatic rings. The number of allylic oxidation sites excluding steroid dienone is 1. The average Bonchev–Trinajstić information content (AvgIpc) is 2.31. The summed E-state index contributed by atoms with van der Waals surface area (Å²) in [6.45, 7) is 1.89. The number of ether oxygens (including phenoxy) is 1. The number of aliphatic hydroxyl groups is 3. The van der Waals surface area contributed by atoms with Gasteiger partial charge in [-0.05, 0) is 19.3 Å². The first kappa shape index (κ1) is 14.2. The highest BCUT2D eigenvalue weighted by Crippen LogP contribution is 2.16. The van der Waals surface area contributed by atoms with Crippen molar-refractivity contribution in [3.05, 3.63) is 12.2 Å². The Morgan fingerprint density at radius 1 is 1.41 bits per heavy atom. The molecule has 0 unspecified atom stereocenters. The molecule has 0 fully saturated rings. The number of hydrogen-bond acceptors (Lipinski definition) is 5. The molecule has 0 aliphatic carbocycles. The van der Waals surface area contributed by atoms with E-state index in [1.807, 2.05) is 6.92 Å². The Bertz CT molecular complexity index is 276. The highest BCUT2D eigenvalue weighted by atomic mass is 16.6. The van der Waals surface area contributed by atoms with Gasteiger partial charge in [0.15, 0.2) is 6.10 Å². The van der Waals surface area contributed by atoms with Crippen LogP contribution in [-0.2, 0) is 9.53 Å². The molecule has 98 valence electrons. The molecule has 1 rings (SSSR count). The lowest BCUT2D eigenvalue weighted by Crippen LogP contribution is -2.41. The number of cyclic esters (lactones) is 1. The van der Waals surface area contributed by atoms with Gasteiger partial charge in [-0.25, -0.2) is 4.79 Å². The molecule has 17 heavy (non-hydrogen) atoms. The Morgan fingerprint density at radius 3 is 2.76 bits per heavy atom. The van der Waals surface area contributed by atoms with E-state index in [1.165, 1.54) is 6.08 Å². The highest BCUT2D eigenvalue weighted by molar-refractivity contribution is 5.74. The second-order valence-electron chi connectivity index (χ2n) is 4.27. The molecular weight excluding hydrogens is 224 g/mol. The van der Waals surface area contributed by atoms with Crippen LogP contribution in [0.4, 0.5) is 0 Å². The second-order valence-corrected chi connectivity index (χ2v) is 4.27. The van der Waals surface area contributed by atoms with Gasteiger partial charge in [0.2, 0.25) is 0 Å². The van der Waals surface area contributed by atoms with Gasteiger partial charge >= 0.3 is 5.97 Å². The Balaban J connectivity index is 2.80. The molecule has 0 saturated heterocycles. The topological polar surface area (TPSA) is 87.0 Å². The minimum absolute atomic E-state index is 0.261. The van der Waals surface area contributed by atoms with Crippen LogP contribution in [0.2, 0.25) is 0 Å². The predicted octanol–water partition coefficient (Wildman–Crippen LogP) is 0.131. The van der Waals surface area contributed by atoms with E-state index < -0.39 is 30.4 Å². The molecule has 0 bridgehead atoms. The van der Waals surface area contributed by atoms with Gasteiger partial charge in [0, 0.05) is 0 Å². The van der Waals surface area contributed by atoms with Crippen molar-refractivity contribution in [1.82, 2.24) is 0 Å². The molecule has 0 saturated carbocycles. The summed E-state index contributed by atoms with van der Waals surface area (Å²) in [6.07, 6.45) is 0.857. The van der Waals surface area contributed by atoms with E-state index in [4.69, 9.17) is 4.74 Å². The van der Waals surface area contributed by atoms with E-state index in [0.29, 0.717) is 19.3 Å². The number of aliphatic hydroxyl groups excluding tert-OH is 3. The minimum atomic E-state index is -1.17. The summed E-state index contributed by atoms with van der Waals surface area (Å²) >= 11 is 0. The van der Waals surface area contributed by atoms with Crippen LogP contribution in [-0.4, -0.2) is 45.7 Å². The zero-order valence-electron chi connectivity index (χ0n) is 9.95. The molecule has 3 N–H and O–H groups in total. The summed E-state index contributed by atoms with van der Waals surface area (Å²) in [5.74, 6) is -0.731.